The number of carbonyl (C=O) groups excluding carboxylic acids is 1. The summed E-state index contributed by atoms with van der Waals surface area (Å²) in [6.07, 6.45) is 0. The fraction of sp³-hybridized carbons (Fsp3) is 0.364. The van der Waals surface area contributed by atoms with Crippen LogP contribution in [0, 0.1) is 0 Å². The molecule has 0 aromatic heterocycles. The fourth-order valence-corrected chi connectivity index (χ4v) is 2.16. The first kappa shape index (κ1) is 11.4. The van der Waals surface area contributed by atoms with Gasteiger partial charge in [0.1, 0.15) is 0 Å². The van der Waals surface area contributed by atoms with Crippen molar-refractivity contribution in [1.29, 1.82) is 0 Å². The number of hydrogen-bond acceptors (Lipinski definition) is 3. The van der Waals surface area contributed by atoms with E-state index in [1.807, 2.05) is 11.0 Å². The molecule has 0 unspecified atom stereocenters. The van der Waals surface area contributed by atoms with E-state index >= 15 is 0 Å². The van der Waals surface area contributed by atoms with E-state index in [4.69, 9.17) is 5.73 Å². The molecule has 0 aliphatic carbocycles. The smallest absolute Gasteiger partial charge is 0.255 e. The molecule has 0 radical (unpaired) electrons. The van der Waals surface area contributed by atoms with Gasteiger partial charge >= 0.3 is 0 Å². The molecule has 0 saturated carbocycles. The van der Waals surface area contributed by atoms with Crippen molar-refractivity contribution >= 4 is 27.5 Å². The molecule has 1 aliphatic rings. The Hall–Kier alpha value is -1.07. The van der Waals surface area contributed by atoms with Crippen LogP contribution in [0.4, 0.5) is 5.69 Å². The third-order valence-electron chi connectivity index (χ3n) is 2.63. The summed E-state index contributed by atoms with van der Waals surface area (Å²) in [5.74, 6) is 0.0423. The predicted octanol–water partition coefficient (Wildman–Crippen LogP) is 1.08. The summed E-state index contributed by atoms with van der Waals surface area (Å²) in [5.41, 5.74) is 6.94. The molecule has 16 heavy (non-hydrogen) atoms. The number of halogens is 1. The Labute approximate surface area is 103 Å². The molecular weight excluding hydrogens is 270 g/mol. The van der Waals surface area contributed by atoms with Gasteiger partial charge in [0.25, 0.3) is 5.91 Å². The van der Waals surface area contributed by atoms with Crippen molar-refractivity contribution in [3.05, 3.63) is 28.2 Å². The van der Waals surface area contributed by atoms with Gasteiger partial charge in [0.05, 0.1) is 5.56 Å². The summed E-state index contributed by atoms with van der Waals surface area (Å²) < 4.78 is 0.797. The standard InChI is InChI=1S/C11H14BrN3O/c12-10-2-1-8(13)7-9(10)11(16)15-5-3-14-4-6-15/h1-2,7,14H,3-6,13H2. The third-order valence-corrected chi connectivity index (χ3v) is 3.32. The van der Waals surface area contributed by atoms with Crippen LogP contribution in [-0.2, 0) is 0 Å². The Morgan fingerprint density at radius 2 is 2.06 bits per heavy atom. The maximum atomic E-state index is 12.2. The van der Waals surface area contributed by atoms with Crippen molar-refractivity contribution in [2.75, 3.05) is 31.9 Å². The Kier molecular flexibility index (Phi) is 3.46. The van der Waals surface area contributed by atoms with E-state index < -0.39 is 0 Å². The third kappa shape index (κ3) is 2.36. The quantitative estimate of drug-likeness (QED) is 0.759. The van der Waals surface area contributed by atoms with Gasteiger partial charge in [-0.15, -0.1) is 0 Å². The minimum Gasteiger partial charge on any atom is -0.399 e. The summed E-state index contributed by atoms with van der Waals surface area (Å²) in [6.45, 7) is 3.21. The Morgan fingerprint density at radius 1 is 1.38 bits per heavy atom. The van der Waals surface area contributed by atoms with Crippen molar-refractivity contribution in [3.63, 3.8) is 0 Å². The predicted molar refractivity (Wildman–Crippen MR) is 67.3 cm³/mol. The van der Waals surface area contributed by atoms with E-state index in [1.165, 1.54) is 0 Å². The number of nitrogens with one attached hydrogen (secondary N) is 1. The lowest BCUT2D eigenvalue weighted by molar-refractivity contribution is 0.0735. The zero-order chi connectivity index (χ0) is 11.5. The monoisotopic (exact) mass is 283 g/mol. The van der Waals surface area contributed by atoms with Crippen molar-refractivity contribution in [3.8, 4) is 0 Å². The Bertz CT molecular complexity index is 402. The van der Waals surface area contributed by atoms with Gasteiger partial charge in [-0.25, -0.2) is 0 Å². The van der Waals surface area contributed by atoms with Crippen LogP contribution >= 0.6 is 15.9 Å². The van der Waals surface area contributed by atoms with Crippen LogP contribution in [0.1, 0.15) is 10.4 Å². The zero-order valence-corrected chi connectivity index (χ0v) is 10.5. The van der Waals surface area contributed by atoms with Gasteiger partial charge in [-0.1, -0.05) is 0 Å². The van der Waals surface area contributed by atoms with E-state index in [0.29, 0.717) is 11.3 Å². The molecule has 0 atom stereocenters. The first-order valence-electron chi connectivity index (χ1n) is 5.23. The molecule has 86 valence electrons. The number of amides is 1. The molecule has 5 heteroatoms. The van der Waals surface area contributed by atoms with E-state index in [1.54, 1.807) is 12.1 Å². The lowest BCUT2D eigenvalue weighted by atomic mass is 10.1. The maximum absolute atomic E-state index is 12.2. The van der Waals surface area contributed by atoms with Crippen LogP contribution in [0.25, 0.3) is 0 Å². The second-order valence-corrected chi connectivity index (χ2v) is 4.64. The van der Waals surface area contributed by atoms with E-state index in [0.717, 1.165) is 30.7 Å². The minimum atomic E-state index is 0.0423. The number of carbonyl (C=O) groups is 1. The number of nitrogens with two attached hydrogens (primary N) is 1. The fourth-order valence-electron chi connectivity index (χ4n) is 1.75. The highest BCUT2D eigenvalue weighted by Gasteiger charge is 2.19. The second-order valence-electron chi connectivity index (χ2n) is 3.78. The van der Waals surface area contributed by atoms with Crippen molar-refractivity contribution in [2.24, 2.45) is 0 Å². The Balaban J connectivity index is 2.22. The van der Waals surface area contributed by atoms with Gasteiger partial charge < -0.3 is 16.0 Å². The topological polar surface area (TPSA) is 58.4 Å². The van der Waals surface area contributed by atoms with Gasteiger partial charge in [-0.3, -0.25) is 4.79 Å². The highest BCUT2D eigenvalue weighted by Crippen LogP contribution is 2.21. The lowest BCUT2D eigenvalue weighted by Gasteiger charge is -2.27. The summed E-state index contributed by atoms with van der Waals surface area (Å²) in [5, 5.41) is 3.22. The molecule has 1 aliphatic heterocycles. The Morgan fingerprint density at radius 3 is 2.75 bits per heavy atom. The van der Waals surface area contributed by atoms with Gasteiger partial charge in [-0.05, 0) is 34.1 Å². The first-order chi connectivity index (χ1) is 7.68. The number of benzene rings is 1. The van der Waals surface area contributed by atoms with Gasteiger partial charge in [0, 0.05) is 36.3 Å². The van der Waals surface area contributed by atoms with Crippen LogP contribution in [0.5, 0.6) is 0 Å². The second kappa shape index (κ2) is 4.84. The molecule has 0 bridgehead atoms. The number of nitrogens with zero attached hydrogens (tertiary/aromatic N) is 1. The molecule has 0 spiro atoms. The average Bonchev–Trinajstić information content (AvgIpc) is 2.32. The average molecular weight is 284 g/mol. The van der Waals surface area contributed by atoms with Crippen molar-refractivity contribution in [2.45, 2.75) is 0 Å². The highest BCUT2D eigenvalue weighted by molar-refractivity contribution is 9.10. The number of hydrogen-bond donors (Lipinski definition) is 2. The number of nitrogen functional groups attached to an aromatic ring is 1. The van der Waals surface area contributed by atoms with E-state index in [-0.39, 0.29) is 5.91 Å². The molecule has 1 heterocycles. The van der Waals surface area contributed by atoms with Gasteiger partial charge in [0.15, 0.2) is 0 Å². The molecule has 1 fully saturated rings. The molecule has 1 aromatic carbocycles. The van der Waals surface area contributed by atoms with Crippen LogP contribution in [0.15, 0.2) is 22.7 Å². The summed E-state index contributed by atoms with van der Waals surface area (Å²) in [7, 11) is 0. The zero-order valence-electron chi connectivity index (χ0n) is 8.87. The maximum Gasteiger partial charge on any atom is 0.255 e. The van der Waals surface area contributed by atoms with Crippen LogP contribution < -0.4 is 11.1 Å². The number of piperazine rings is 1. The molecule has 4 nitrogen and oxygen atoms in total. The minimum absolute atomic E-state index is 0.0423. The van der Waals surface area contributed by atoms with Crippen molar-refractivity contribution in [1.82, 2.24) is 10.2 Å². The van der Waals surface area contributed by atoms with Gasteiger partial charge in [0.2, 0.25) is 0 Å². The van der Waals surface area contributed by atoms with Crippen LogP contribution in [-0.4, -0.2) is 37.0 Å². The summed E-state index contributed by atoms with van der Waals surface area (Å²) >= 11 is 3.38. The van der Waals surface area contributed by atoms with E-state index in [2.05, 4.69) is 21.2 Å². The molecule has 3 N–H and O–H groups in total. The number of rotatable bonds is 1. The largest absolute Gasteiger partial charge is 0.399 e. The number of anilines is 1. The van der Waals surface area contributed by atoms with Gasteiger partial charge in [-0.2, -0.15) is 0 Å². The highest BCUT2D eigenvalue weighted by atomic mass is 79.9. The molecule has 1 amide bonds. The molecule has 2 rings (SSSR count). The summed E-state index contributed by atoms with van der Waals surface area (Å²) in [4.78, 5) is 14.0. The first-order valence-corrected chi connectivity index (χ1v) is 6.03. The summed E-state index contributed by atoms with van der Waals surface area (Å²) in [6, 6.07) is 5.30. The molecule has 1 saturated heterocycles. The van der Waals surface area contributed by atoms with Crippen LogP contribution in [0.2, 0.25) is 0 Å². The lowest BCUT2D eigenvalue weighted by Crippen LogP contribution is -2.46. The van der Waals surface area contributed by atoms with Crippen LogP contribution in [0.3, 0.4) is 0 Å². The van der Waals surface area contributed by atoms with Crippen molar-refractivity contribution < 1.29 is 4.79 Å². The SMILES string of the molecule is Nc1ccc(Br)c(C(=O)N2CCNCC2)c1. The molecular formula is C11H14BrN3O. The molecule has 1 aromatic rings. The normalized spacial score (nSPS) is 16.2. The van der Waals surface area contributed by atoms with E-state index in [9.17, 15) is 4.79 Å².